The third-order valence-electron chi connectivity index (χ3n) is 5.15. The van der Waals surface area contributed by atoms with Crippen LogP contribution < -0.4 is 15.4 Å². The highest BCUT2D eigenvalue weighted by Crippen LogP contribution is 2.25. The van der Waals surface area contributed by atoms with Crippen LogP contribution in [-0.2, 0) is 11.2 Å². The molecule has 4 rings (SSSR count). The highest BCUT2D eigenvalue weighted by molar-refractivity contribution is 5.89. The van der Waals surface area contributed by atoms with Crippen molar-refractivity contribution in [1.82, 2.24) is 15.3 Å². The molecule has 0 aliphatic heterocycles. The second kappa shape index (κ2) is 9.86. The first kappa shape index (κ1) is 21.9. The Bertz CT molecular complexity index is 1280. The number of anilines is 1. The quantitative estimate of drug-likeness (QED) is 0.320. The van der Waals surface area contributed by atoms with Crippen LogP contribution in [0, 0.1) is 0 Å². The lowest BCUT2D eigenvalue weighted by molar-refractivity contribution is -0.114. The number of carbonyl (C=O) groups excluding carboxylic acids is 1. The number of hydrogen-bond acceptors (Lipinski definition) is 4. The smallest absolute Gasteiger partial charge is 0.405 e. The minimum atomic E-state index is -1.11. The summed E-state index contributed by atoms with van der Waals surface area (Å²) < 4.78 is 5.92. The summed E-state index contributed by atoms with van der Waals surface area (Å²) in [6.45, 7) is 1.60. The van der Waals surface area contributed by atoms with Gasteiger partial charge in [-0.05, 0) is 41.8 Å². The number of rotatable bonds is 8. The van der Waals surface area contributed by atoms with Gasteiger partial charge in [0.25, 0.3) is 0 Å². The van der Waals surface area contributed by atoms with Crippen LogP contribution in [-0.4, -0.2) is 39.7 Å². The van der Waals surface area contributed by atoms with Crippen molar-refractivity contribution in [3.05, 3.63) is 78.8 Å². The molecular weight excluding hydrogens is 420 g/mol. The second-order valence-electron chi connectivity index (χ2n) is 7.69. The molecule has 168 valence electrons. The number of nitrogens with one attached hydrogen (secondary N) is 3. The molecule has 0 spiro atoms. The first-order valence-electron chi connectivity index (χ1n) is 10.5. The van der Waals surface area contributed by atoms with Crippen molar-refractivity contribution in [2.75, 3.05) is 11.9 Å². The van der Waals surface area contributed by atoms with Gasteiger partial charge in [-0.2, -0.15) is 0 Å². The van der Waals surface area contributed by atoms with Crippen molar-refractivity contribution >= 4 is 28.6 Å². The highest BCUT2D eigenvalue weighted by atomic mass is 16.5. The average molecular weight is 444 g/mol. The Morgan fingerprint density at radius 3 is 2.76 bits per heavy atom. The fourth-order valence-corrected chi connectivity index (χ4v) is 3.72. The number of fused-ring (bicyclic) bond motifs is 1. The zero-order valence-corrected chi connectivity index (χ0v) is 18.0. The number of para-hydroxylation sites is 1. The van der Waals surface area contributed by atoms with Crippen LogP contribution in [0.3, 0.4) is 0 Å². The number of H-pyrrole nitrogens is 1. The van der Waals surface area contributed by atoms with Crippen LogP contribution in [0.4, 0.5) is 10.5 Å². The number of carboxylic acid groups (broad SMARTS) is 1. The topological polar surface area (TPSA) is 116 Å². The van der Waals surface area contributed by atoms with Gasteiger partial charge in [-0.3, -0.25) is 9.78 Å². The van der Waals surface area contributed by atoms with Crippen LogP contribution in [0.25, 0.3) is 22.0 Å². The van der Waals surface area contributed by atoms with E-state index < -0.39 is 12.1 Å². The Labute approximate surface area is 190 Å². The molecule has 0 saturated carbocycles. The van der Waals surface area contributed by atoms with E-state index in [2.05, 4.69) is 20.6 Å². The lowest BCUT2D eigenvalue weighted by Crippen LogP contribution is -2.39. The molecule has 0 fully saturated rings. The Balaban J connectivity index is 1.48. The number of aromatic amines is 1. The van der Waals surface area contributed by atoms with E-state index in [0.29, 0.717) is 17.9 Å². The number of nitrogens with zero attached hydrogens (tertiary/aromatic N) is 1. The van der Waals surface area contributed by atoms with E-state index >= 15 is 0 Å². The summed E-state index contributed by atoms with van der Waals surface area (Å²) in [7, 11) is 0. The number of amides is 2. The standard InChI is InChI=1S/C25H24N4O4/c1-16(30)28-20-6-4-5-17(9-20)18-11-22(14-26-12-18)33-15-21(29-25(31)32)10-19-13-27-24-8-3-2-7-23(19)24/h2-9,11-14,21,27,29H,10,15H2,1H3,(H,28,30)(H,31,32). The Hall–Kier alpha value is -4.33. The third-order valence-corrected chi connectivity index (χ3v) is 5.15. The van der Waals surface area contributed by atoms with Crippen LogP contribution in [0.15, 0.2) is 73.2 Å². The number of ether oxygens (including phenoxy) is 1. The second-order valence-corrected chi connectivity index (χ2v) is 7.69. The van der Waals surface area contributed by atoms with Gasteiger partial charge in [0.05, 0.1) is 12.2 Å². The first-order chi connectivity index (χ1) is 16.0. The van der Waals surface area contributed by atoms with E-state index in [1.165, 1.54) is 6.92 Å². The minimum Gasteiger partial charge on any atom is -0.490 e. The molecule has 0 saturated heterocycles. The lowest BCUT2D eigenvalue weighted by atomic mass is 10.1. The summed E-state index contributed by atoms with van der Waals surface area (Å²) >= 11 is 0. The lowest BCUT2D eigenvalue weighted by Gasteiger charge is -2.18. The predicted molar refractivity (Wildman–Crippen MR) is 126 cm³/mol. The summed E-state index contributed by atoms with van der Waals surface area (Å²) in [5.74, 6) is 0.378. The van der Waals surface area contributed by atoms with Gasteiger partial charge in [-0.15, -0.1) is 0 Å². The predicted octanol–water partition coefficient (Wildman–Crippen LogP) is 4.45. The van der Waals surface area contributed by atoms with Gasteiger partial charge >= 0.3 is 6.09 Å². The third kappa shape index (κ3) is 5.68. The summed E-state index contributed by atoms with van der Waals surface area (Å²) in [5, 5.41) is 15.6. The SMILES string of the molecule is CC(=O)Nc1cccc(-c2cncc(OCC(Cc3c[nH]c4ccccc34)NC(=O)O)c2)c1. The van der Waals surface area contributed by atoms with Gasteiger partial charge in [0.2, 0.25) is 5.91 Å². The summed E-state index contributed by atoms with van der Waals surface area (Å²) in [5.41, 5.74) is 4.39. The van der Waals surface area contributed by atoms with Crippen molar-refractivity contribution < 1.29 is 19.4 Å². The van der Waals surface area contributed by atoms with Crippen molar-refractivity contribution in [3.63, 3.8) is 0 Å². The van der Waals surface area contributed by atoms with E-state index in [1.54, 1.807) is 12.4 Å². The molecule has 0 bridgehead atoms. The molecule has 2 heterocycles. The molecule has 2 aromatic heterocycles. The molecule has 2 amide bonds. The maximum Gasteiger partial charge on any atom is 0.405 e. The molecule has 4 aromatic rings. The van der Waals surface area contributed by atoms with Gasteiger partial charge in [0.1, 0.15) is 12.4 Å². The minimum absolute atomic E-state index is 0.142. The van der Waals surface area contributed by atoms with Crippen molar-refractivity contribution in [1.29, 1.82) is 0 Å². The molecule has 0 radical (unpaired) electrons. The molecule has 4 N–H and O–H groups in total. The molecule has 1 atom stereocenters. The number of benzene rings is 2. The van der Waals surface area contributed by atoms with E-state index in [4.69, 9.17) is 4.74 Å². The Morgan fingerprint density at radius 1 is 1.09 bits per heavy atom. The molecule has 0 aliphatic rings. The van der Waals surface area contributed by atoms with E-state index in [-0.39, 0.29) is 12.5 Å². The molecule has 8 heteroatoms. The maximum atomic E-state index is 11.3. The summed E-state index contributed by atoms with van der Waals surface area (Å²) in [4.78, 5) is 30.1. The number of hydrogen-bond donors (Lipinski definition) is 4. The Kier molecular flexibility index (Phi) is 6.54. The van der Waals surface area contributed by atoms with Crippen LogP contribution in [0.2, 0.25) is 0 Å². The van der Waals surface area contributed by atoms with E-state index in [0.717, 1.165) is 27.6 Å². The van der Waals surface area contributed by atoms with E-state index in [9.17, 15) is 14.7 Å². The summed E-state index contributed by atoms with van der Waals surface area (Å²) in [6.07, 6.45) is 4.56. The normalized spacial score (nSPS) is 11.7. The average Bonchev–Trinajstić information content (AvgIpc) is 3.20. The molecule has 33 heavy (non-hydrogen) atoms. The van der Waals surface area contributed by atoms with Gasteiger partial charge < -0.3 is 25.5 Å². The molecule has 2 aromatic carbocycles. The summed E-state index contributed by atoms with van der Waals surface area (Å²) in [6, 6.07) is 16.7. The maximum absolute atomic E-state index is 11.3. The largest absolute Gasteiger partial charge is 0.490 e. The van der Waals surface area contributed by atoms with Gasteiger partial charge in [0, 0.05) is 41.5 Å². The fourth-order valence-electron chi connectivity index (χ4n) is 3.72. The molecule has 1 unspecified atom stereocenters. The van der Waals surface area contributed by atoms with Crippen molar-refractivity contribution in [2.45, 2.75) is 19.4 Å². The molecule has 8 nitrogen and oxygen atoms in total. The number of carbonyl (C=O) groups is 2. The van der Waals surface area contributed by atoms with Crippen LogP contribution in [0.1, 0.15) is 12.5 Å². The number of aromatic nitrogens is 2. The van der Waals surface area contributed by atoms with E-state index in [1.807, 2.05) is 60.8 Å². The fraction of sp³-hybridized carbons (Fsp3) is 0.160. The van der Waals surface area contributed by atoms with Crippen molar-refractivity contribution in [2.24, 2.45) is 0 Å². The first-order valence-corrected chi connectivity index (χ1v) is 10.5. The zero-order valence-electron chi connectivity index (χ0n) is 18.0. The monoisotopic (exact) mass is 444 g/mol. The van der Waals surface area contributed by atoms with Crippen LogP contribution >= 0.6 is 0 Å². The van der Waals surface area contributed by atoms with Crippen LogP contribution in [0.5, 0.6) is 5.75 Å². The molecule has 0 aliphatic carbocycles. The van der Waals surface area contributed by atoms with Crippen molar-refractivity contribution in [3.8, 4) is 16.9 Å². The van der Waals surface area contributed by atoms with Gasteiger partial charge in [0.15, 0.2) is 0 Å². The highest BCUT2D eigenvalue weighted by Gasteiger charge is 2.16. The molecular formula is C25H24N4O4. The zero-order chi connectivity index (χ0) is 23.2. The Morgan fingerprint density at radius 2 is 1.94 bits per heavy atom. The van der Waals surface area contributed by atoms with Gasteiger partial charge in [-0.1, -0.05) is 30.3 Å². The van der Waals surface area contributed by atoms with Gasteiger partial charge in [-0.25, -0.2) is 4.79 Å². The number of pyridine rings is 1.